The smallest absolute Gasteiger partial charge is 0.193 e. The third-order valence-electron chi connectivity index (χ3n) is 10.6. The maximum absolute atomic E-state index is 17.3. The van der Waals surface area contributed by atoms with E-state index in [1.807, 2.05) is 18.7 Å². The molecule has 0 aromatic heterocycles. The quantitative estimate of drug-likeness (QED) is 0.608. The molecule has 0 unspecified atom stereocenters. The molecule has 5 fully saturated rings. The average Bonchev–Trinajstić information content (AvgIpc) is 3.34. The van der Waals surface area contributed by atoms with Gasteiger partial charge in [0.2, 0.25) is 0 Å². The lowest BCUT2D eigenvalue weighted by Gasteiger charge is -2.62. The van der Waals surface area contributed by atoms with Gasteiger partial charge in [-0.15, -0.1) is 0 Å². The molecule has 2 saturated heterocycles. The SMILES string of the molecule is C[C@]12C=CC(=O)C=C1CC[C@H]1[C@@H]3C[C@H]4O[C@@H](C5CCSCC5)O[C@@]4(C(=O)CO)[C@@]3(C)C[C@H](O)[C@@]12F. The van der Waals surface area contributed by atoms with Gasteiger partial charge in [-0.2, -0.15) is 11.8 Å². The Kier molecular flexibility index (Phi) is 5.53. The van der Waals surface area contributed by atoms with E-state index in [1.165, 1.54) is 12.2 Å². The number of ketones is 2. The molecule has 2 aliphatic heterocycles. The fourth-order valence-electron chi connectivity index (χ4n) is 8.80. The fraction of sp³-hybridized carbons (Fsp3) is 0.778. The van der Waals surface area contributed by atoms with Crippen molar-refractivity contribution in [2.75, 3.05) is 18.1 Å². The van der Waals surface area contributed by atoms with Gasteiger partial charge in [-0.05, 0) is 75.0 Å². The lowest BCUT2D eigenvalue weighted by Crippen LogP contribution is -2.69. The molecule has 2 heterocycles. The number of halogens is 1. The average molecular weight is 507 g/mol. The van der Waals surface area contributed by atoms with Crippen molar-refractivity contribution in [3.63, 3.8) is 0 Å². The molecule has 0 radical (unpaired) electrons. The Hall–Kier alpha value is -1.06. The molecule has 192 valence electrons. The summed E-state index contributed by atoms with van der Waals surface area (Å²) in [5.41, 5.74) is -4.59. The van der Waals surface area contributed by atoms with Crippen LogP contribution in [0, 0.1) is 28.6 Å². The molecule has 4 aliphatic carbocycles. The number of ether oxygens (including phenoxy) is 2. The number of carbonyl (C=O) groups excluding carboxylic acids is 2. The van der Waals surface area contributed by atoms with E-state index in [0.717, 1.165) is 29.9 Å². The Balaban J connectivity index is 1.40. The van der Waals surface area contributed by atoms with Crippen LogP contribution in [0.25, 0.3) is 0 Å². The summed E-state index contributed by atoms with van der Waals surface area (Å²) in [5, 5.41) is 21.6. The van der Waals surface area contributed by atoms with Crippen molar-refractivity contribution in [3.05, 3.63) is 23.8 Å². The number of allylic oxidation sites excluding steroid dienone is 4. The minimum absolute atomic E-state index is 0.0359. The van der Waals surface area contributed by atoms with Crippen LogP contribution in [0.3, 0.4) is 0 Å². The maximum Gasteiger partial charge on any atom is 0.193 e. The summed E-state index contributed by atoms with van der Waals surface area (Å²) < 4.78 is 30.4. The molecule has 6 nitrogen and oxygen atoms in total. The zero-order chi connectivity index (χ0) is 24.8. The predicted molar refractivity (Wildman–Crippen MR) is 128 cm³/mol. The largest absolute Gasteiger partial charge is 0.390 e. The fourth-order valence-corrected chi connectivity index (χ4v) is 9.94. The molecule has 0 aromatic carbocycles. The molecule has 0 amide bonds. The highest BCUT2D eigenvalue weighted by molar-refractivity contribution is 7.99. The summed E-state index contributed by atoms with van der Waals surface area (Å²) in [6, 6.07) is 0. The molecular formula is C27H35FO6S. The number of thioether (sulfide) groups is 1. The number of rotatable bonds is 3. The van der Waals surface area contributed by atoms with Crippen LogP contribution in [0.5, 0.6) is 0 Å². The number of hydrogen-bond acceptors (Lipinski definition) is 7. The lowest BCUT2D eigenvalue weighted by atomic mass is 9.44. The van der Waals surface area contributed by atoms with Gasteiger partial charge >= 0.3 is 0 Å². The summed E-state index contributed by atoms with van der Waals surface area (Å²) in [6.07, 6.45) is 5.57. The number of hydrogen-bond donors (Lipinski definition) is 2. The zero-order valence-corrected chi connectivity index (χ0v) is 21.2. The van der Waals surface area contributed by atoms with Crippen molar-refractivity contribution in [2.45, 2.75) is 82.1 Å². The van der Waals surface area contributed by atoms with Crippen molar-refractivity contribution in [2.24, 2.45) is 28.6 Å². The van der Waals surface area contributed by atoms with Crippen molar-refractivity contribution in [1.82, 2.24) is 0 Å². The number of alkyl halides is 1. The van der Waals surface area contributed by atoms with Gasteiger partial charge in [0.05, 0.1) is 12.2 Å². The normalized spacial score (nSPS) is 51.3. The van der Waals surface area contributed by atoms with Crippen LogP contribution >= 0.6 is 11.8 Å². The first-order valence-electron chi connectivity index (χ1n) is 13.0. The van der Waals surface area contributed by atoms with Crippen LogP contribution in [0.2, 0.25) is 0 Å². The van der Waals surface area contributed by atoms with Crippen LogP contribution in [-0.2, 0) is 19.1 Å². The first-order valence-corrected chi connectivity index (χ1v) is 14.1. The van der Waals surface area contributed by atoms with Gasteiger partial charge in [0.15, 0.2) is 29.1 Å². The first kappa shape index (κ1) is 24.3. The molecule has 9 atom stereocenters. The van der Waals surface area contributed by atoms with Crippen molar-refractivity contribution in [1.29, 1.82) is 0 Å². The van der Waals surface area contributed by atoms with E-state index in [-0.39, 0.29) is 24.0 Å². The van der Waals surface area contributed by atoms with E-state index in [4.69, 9.17) is 9.47 Å². The van der Waals surface area contributed by atoms with E-state index in [2.05, 4.69) is 0 Å². The van der Waals surface area contributed by atoms with E-state index < -0.39 is 58.9 Å². The van der Waals surface area contributed by atoms with E-state index >= 15 is 4.39 Å². The Morgan fingerprint density at radius 3 is 2.69 bits per heavy atom. The number of fused-ring (bicyclic) bond motifs is 7. The molecule has 2 N–H and O–H groups in total. The van der Waals surface area contributed by atoms with E-state index in [9.17, 15) is 19.8 Å². The molecule has 35 heavy (non-hydrogen) atoms. The predicted octanol–water partition coefficient (Wildman–Crippen LogP) is 3.15. The van der Waals surface area contributed by atoms with Crippen molar-refractivity contribution in [3.8, 4) is 0 Å². The van der Waals surface area contributed by atoms with Gasteiger partial charge in [0.25, 0.3) is 0 Å². The van der Waals surface area contributed by atoms with Gasteiger partial charge in [0.1, 0.15) is 6.61 Å². The Morgan fingerprint density at radius 1 is 1.23 bits per heavy atom. The van der Waals surface area contributed by atoms with Gasteiger partial charge in [-0.3, -0.25) is 9.59 Å². The van der Waals surface area contributed by atoms with Gasteiger partial charge in [-0.1, -0.05) is 18.6 Å². The molecule has 0 spiro atoms. The molecular weight excluding hydrogens is 471 g/mol. The monoisotopic (exact) mass is 506 g/mol. The molecule has 6 aliphatic rings. The van der Waals surface area contributed by atoms with Crippen LogP contribution in [0.4, 0.5) is 4.39 Å². The summed E-state index contributed by atoms with van der Waals surface area (Å²) in [5.74, 6) is 0.873. The number of aliphatic hydroxyl groups excluding tert-OH is 2. The lowest BCUT2D eigenvalue weighted by molar-refractivity contribution is -0.235. The van der Waals surface area contributed by atoms with Crippen molar-refractivity contribution < 1.29 is 33.7 Å². The Morgan fingerprint density at radius 2 is 1.97 bits per heavy atom. The highest BCUT2D eigenvalue weighted by Crippen LogP contribution is 2.72. The van der Waals surface area contributed by atoms with Gasteiger partial charge in [-0.25, -0.2) is 4.39 Å². The number of carbonyl (C=O) groups is 2. The summed E-state index contributed by atoms with van der Waals surface area (Å²) in [7, 11) is 0. The van der Waals surface area contributed by atoms with E-state index in [1.54, 1.807) is 13.0 Å². The third kappa shape index (κ3) is 2.92. The molecule has 0 aromatic rings. The third-order valence-corrected chi connectivity index (χ3v) is 11.7. The Labute approximate surface area is 209 Å². The number of aliphatic hydroxyl groups is 2. The Bertz CT molecular complexity index is 1010. The van der Waals surface area contributed by atoms with Gasteiger partial charge < -0.3 is 19.7 Å². The number of Topliss-reactive ketones (excluding diaryl/α,β-unsaturated/α-hetero) is 1. The topological polar surface area (TPSA) is 93.1 Å². The minimum atomic E-state index is -1.97. The van der Waals surface area contributed by atoms with Crippen LogP contribution in [0.1, 0.15) is 52.4 Å². The second-order valence-corrected chi connectivity index (χ2v) is 13.1. The highest BCUT2D eigenvalue weighted by Gasteiger charge is 2.79. The molecule has 0 bridgehead atoms. The van der Waals surface area contributed by atoms with E-state index in [0.29, 0.717) is 19.3 Å². The highest BCUT2D eigenvalue weighted by atomic mass is 32.2. The molecule has 8 heteroatoms. The second kappa shape index (κ2) is 7.97. The standard InChI is InChI=1S/C27H35FO6S/c1-24-8-5-17(30)11-16(24)3-4-18-19-12-22-27(21(32)14-29,25(19,2)13-20(31)26(18,24)28)34-23(33-22)15-6-9-35-10-7-15/h5,8,11,15,18-20,22-23,29,31H,3-4,6-7,9-10,12-14H2,1-2H3/t18-,19-,20-,22+,23+,24-,25-,26-,27+/m0/s1. The van der Waals surface area contributed by atoms with Gasteiger partial charge in [0, 0.05) is 22.7 Å². The minimum Gasteiger partial charge on any atom is -0.390 e. The van der Waals surface area contributed by atoms with Crippen LogP contribution in [0.15, 0.2) is 23.8 Å². The van der Waals surface area contributed by atoms with Crippen LogP contribution in [-0.4, -0.2) is 69.7 Å². The van der Waals surface area contributed by atoms with Crippen LogP contribution < -0.4 is 0 Å². The zero-order valence-electron chi connectivity index (χ0n) is 20.4. The molecule has 6 rings (SSSR count). The summed E-state index contributed by atoms with van der Waals surface area (Å²) >= 11 is 1.90. The summed E-state index contributed by atoms with van der Waals surface area (Å²) in [6.45, 7) is 3.05. The maximum atomic E-state index is 17.3. The second-order valence-electron chi connectivity index (χ2n) is 11.9. The summed E-state index contributed by atoms with van der Waals surface area (Å²) in [4.78, 5) is 25.5. The van der Waals surface area contributed by atoms with Crippen molar-refractivity contribution >= 4 is 23.3 Å². The molecule has 3 saturated carbocycles. The first-order chi connectivity index (χ1) is 16.6.